The molecule has 1 heterocycles. The van der Waals surface area contributed by atoms with Crippen molar-refractivity contribution in [2.45, 2.75) is 45.4 Å². The fourth-order valence-electron chi connectivity index (χ4n) is 2.01. The molecular formula is C13H20N2S. The Hall–Kier alpha value is -0.830. The van der Waals surface area contributed by atoms with Crippen LogP contribution in [0.3, 0.4) is 0 Å². The number of anilines is 1. The molecule has 0 bridgehead atoms. The van der Waals surface area contributed by atoms with Gasteiger partial charge in [-0.25, -0.2) is 4.98 Å². The van der Waals surface area contributed by atoms with Crippen LogP contribution in [0.1, 0.15) is 44.7 Å². The zero-order valence-corrected chi connectivity index (χ0v) is 10.8. The highest BCUT2D eigenvalue weighted by Gasteiger charge is 2.04. The third kappa shape index (κ3) is 3.34. The second-order valence-electron chi connectivity index (χ2n) is 4.28. The maximum absolute atomic E-state index is 4.50. The van der Waals surface area contributed by atoms with Crippen molar-refractivity contribution in [2.24, 2.45) is 0 Å². The molecule has 0 saturated carbocycles. The van der Waals surface area contributed by atoms with E-state index in [1.165, 1.54) is 37.8 Å². The van der Waals surface area contributed by atoms with Gasteiger partial charge >= 0.3 is 0 Å². The normalized spacial score (nSPS) is 15.9. The lowest BCUT2D eigenvalue weighted by Crippen LogP contribution is -2.04. The molecule has 0 fully saturated rings. The Morgan fingerprint density at radius 3 is 3.06 bits per heavy atom. The summed E-state index contributed by atoms with van der Waals surface area (Å²) in [5.74, 6) is 0. The number of hydrogen-bond acceptors (Lipinski definition) is 3. The lowest BCUT2D eigenvalue weighted by atomic mass is 9.97. The number of allylic oxidation sites excluding steroid dienone is 1. The van der Waals surface area contributed by atoms with Gasteiger partial charge in [0, 0.05) is 11.9 Å². The minimum absolute atomic E-state index is 1.03. The van der Waals surface area contributed by atoms with Gasteiger partial charge in [0.25, 0.3) is 0 Å². The Kier molecular flexibility index (Phi) is 4.40. The van der Waals surface area contributed by atoms with Crippen LogP contribution in [-0.4, -0.2) is 11.5 Å². The van der Waals surface area contributed by atoms with Crippen LogP contribution in [0.5, 0.6) is 0 Å². The molecule has 0 atom stereocenters. The van der Waals surface area contributed by atoms with Crippen LogP contribution in [0.4, 0.5) is 5.13 Å². The zero-order valence-electron chi connectivity index (χ0n) is 9.96. The number of thiazole rings is 1. The highest BCUT2D eigenvalue weighted by Crippen LogP contribution is 2.21. The molecule has 0 aromatic carbocycles. The number of aryl methyl sites for hydroxylation is 1. The first-order valence-corrected chi connectivity index (χ1v) is 7.12. The molecule has 1 aliphatic rings. The summed E-state index contributed by atoms with van der Waals surface area (Å²) in [6, 6.07) is 0. The van der Waals surface area contributed by atoms with Crippen molar-refractivity contribution in [1.29, 1.82) is 0 Å². The van der Waals surface area contributed by atoms with Crippen LogP contribution in [0.15, 0.2) is 17.0 Å². The van der Waals surface area contributed by atoms with Crippen molar-refractivity contribution in [2.75, 3.05) is 11.9 Å². The van der Waals surface area contributed by atoms with E-state index < -0.39 is 0 Å². The van der Waals surface area contributed by atoms with E-state index in [1.807, 2.05) is 0 Å². The summed E-state index contributed by atoms with van der Waals surface area (Å²) in [5, 5.41) is 6.63. The molecular weight excluding hydrogens is 216 g/mol. The molecule has 0 radical (unpaired) electrons. The van der Waals surface area contributed by atoms with Crippen LogP contribution in [0.2, 0.25) is 0 Å². The predicted molar refractivity (Wildman–Crippen MR) is 71.1 cm³/mol. The van der Waals surface area contributed by atoms with Crippen molar-refractivity contribution in [3.63, 3.8) is 0 Å². The number of nitrogens with one attached hydrogen (secondary N) is 1. The summed E-state index contributed by atoms with van der Waals surface area (Å²) in [6.45, 7) is 3.17. The molecule has 0 aliphatic heterocycles. The summed E-state index contributed by atoms with van der Waals surface area (Å²) in [4.78, 5) is 4.50. The van der Waals surface area contributed by atoms with Crippen molar-refractivity contribution in [3.8, 4) is 0 Å². The fraction of sp³-hybridized carbons (Fsp3) is 0.615. The number of hydrogen-bond donors (Lipinski definition) is 1. The van der Waals surface area contributed by atoms with Crippen molar-refractivity contribution >= 4 is 16.5 Å². The van der Waals surface area contributed by atoms with Crippen LogP contribution in [-0.2, 0) is 6.42 Å². The molecule has 0 spiro atoms. The van der Waals surface area contributed by atoms with E-state index in [-0.39, 0.29) is 0 Å². The molecule has 2 nitrogen and oxygen atoms in total. The van der Waals surface area contributed by atoms with Crippen molar-refractivity contribution in [1.82, 2.24) is 4.98 Å². The zero-order chi connectivity index (χ0) is 11.2. The van der Waals surface area contributed by atoms with Crippen LogP contribution < -0.4 is 5.32 Å². The van der Waals surface area contributed by atoms with E-state index in [2.05, 4.69) is 28.7 Å². The highest BCUT2D eigenvalue weighted by atomic mass is 32.1. The Morgan fingerprint density at radius 1 is 1.44 bits per heavy atom. The summed E-state index contributed by atoms with van der Waals surface area (Å²) in [7, 11) is 0. The first-order chi connectivity index (χ1) is 7.88. The third-order valence-corrected chi connectivity index (χ3v) is 3.87. The summed E-state index contributed by atoms with van der Waals surface area (Å²) in [6.07, 6.45) is 9.98. The van der Waals surface area contributed by atoms with Crippen molar-refractivity contribution < 1.29 is 0 Å². The Morgan fingerprint density at radius 2 is 2.38 bits per heavy atom. The van der Waals surface area contributed by atoms with Gasteiger partial charge in [-0.3, -0.25) is 0 Å². The smallest absolute Gasteiger partial charge is 0.182 e. The molecule has 1 aliphatic carbocycles. The highest BCUT2D eigenvalue weighted by molar-refractivity contribution is 7.13. The van der Waals surface area contributed by atoms with E-state index >= 15 is 0 Å². The second kappa shape index (κ2) is 6.04. The lowest BCUT2D eigenvalue weighted by molar-refractivity contribution is 0.679. The molecule has 1 N–H and O–H groups in total. The fourth-order valence-corrected chi connectivity index (χ4v) is 2.83. The molecule has 1 aromatic heterocycles. The molecule has 16 heavy (non-hydrogen) atoms. The molecule has 0 amide bonds. The minimum Gasteiger partial charge on any atom is -0.361 e. The first kappa shape index (κ1) is 11.6. The van der Waals surface area contributed by atoms with Gasteiger partial charge < -0.3 is 5.32 Å². The van der Waals surface area contributed by atoms with E-state index in [0.717, 1.165) is 18.1 Å². The average molecular weight is 236 g/mol. The Bertz CT molecular complexity index is 355. The van der Waals surface area contributed by atoms with Crippen LogP contribution >= 0.6 is 11.3 Å². The number of rotatable bonds is 5. The van der Waals surface area contributed by atoms with E-state index in [0.29, 0.717) is 0 Å². The Labute approximate surface area is 102 Å². The van der Waals surface area contributed by atoms with Crippen LogP contribution in [0.25, 0.3) is 0 Å². The molecule has 2 rings (SSSR count). The largest absolute Gasteiger partial charge is 0.361 e. The maximum atomic E-state index is 4.50. The van der Waals surface area contributed by atoms with E-state index in [9.17, 15) is 0 Å². The average Bonchev–Trinajstić information content (AvgIpc) is 2.78. The summed E-state index contributed by atoms with van der Waals surface area (Å²) >= 11 is 1.72. The van der Waals surface area contributed by atoms with E-state index in [4.69, 9.17) is 0 Å². The van der Waals surface area contributed by atoms with Gasteiger partial charge in [-0.1, -0.05) is 18.6 Å². The van der Waals surface area contributed by atoms with Gasteiger partial charge in [0.2, 0.25) is 0 Å². The third-order valence-electron chi connectivity index (χ3n) is 3.02. The minimum atomic E-state index is 1.03. The van der Waals surface area contributed by atoms with Gasteiger partial charge in [-0.05, 0) is 38.5 Å². The van der Waals surface area contributed by atoms with Crippen LogP contribution in [0, 0.1) is 0 Å². The molecule has 88 valence electrons. The number of aromatic nitrogens is 1. The second-order valence-corrected chi connectivity index (χ2v) is 5.14. The van der Waals surface area contributed by atoms with Gasteiger partial charge in [0.05, 0.1) is 5.69 Å². The quantitative estimate of drug-likeness (QED) is 0.781. The molecule has 0 saturated heterocycles. The summed E-state index contributed by atoms with van der Waals surface area (Å²) < 4.78 is 0. The maximum Gasteiger partial charge on any atom is 0.182 e. The topological polar surface area (TPSA) is 24.9 Å². The molecule has 1 aromatic rings. The molecule has 0 unspecified atom stereocenters. The van der Waals surface area contributed by atoms with E-state index in [1.54, 1.807) is 16.9 Å². The van der Waals surface area contributed by atoms with Crippen molar-refractivity contribution in [3.05, 3.63) is 22.7 Å². The van der Waals surface area contributed by atoms with Gasteiger partial charge in [0.15, 0.2) is 5.13 Å². The molecule has 3 heteroatoms. The number of nitrogens with zero attached hydrogens (tertiary/aromatic N) is 1. The van der Waals surface area contributed by atoms with Gasteiger partial charge in [-0.15, -0.1) is 11.3 Å². The standard InChI is InChI=1S/C13H20N2S/c1-2-12-10-16-13(15-12)14-9-8-11-6-4-3-5-7-11/h6,10H,2-5,7-9H2,1H3,(H,14,15). The van der Waals surface area contributed by atoms with Gasteiger partial charge in [-0.2, -0.15) is 0 Å². The van der Waals surface area contributed by atoms with Gasteiger partial charge in [0.1, 0.15) is 0 Å². The predicted octanol–water partition coefficient (Wildman–Crippen LogP) is 4.01. The monoisotopic (exact) mass is 236 g/mol. The lowest BCUT2D eigenvalue weighted by Gasteiger charge is -2.12. The Balaban J connectivity index is 1.73. The first-order valence-electron chi connectivity index (χ1n) is 6.24. The summed E-state index contributed by atoms with van der Waals surface area (Å²) in [5.41, 5.74) is 2.83. The SMILES string of the molecule is CCc1csc(NCCC2=CCCCC2)n1.